The fourth-order valence-electron chi connectivity index (χ4n) is 2.70. The first kappa shape index (κ1) is 12.0. The second-order valence-electron chi connectivity index (χ2n) is 5.15. The van der Waals surface area contributed by atoms with E-state index in [2.05, 4.69) is 59.6 Å². The van der Waals surface area contributed by atoms with E-state index in [4.69, 9.17) is 4.74 Å². The van der Waals surface area contributed by atoms with Crippen molar-refractivity contribution in [3.8, 4) is 5.75 Å². The van der Waals surface area contributed by atoms with Crippen LogP contribution in [0.3, 0.4) is 0 Å². The second kappa shape index (κ2) is 4.98. The first-order valence-electron chi connectivity index (χ1n) is 7.07. The highest BCUT2D eigenvalue weighted by Gasteiger charge is 2.02. The molecule has 2 heteroatoms. The molecule has 0 atom stereocenters. The van der Waals surface area contributed by atoms with Crippen molar-refractivity contribution in [3.63, 3.8) is 0 Å². The molecule has 0 aliphatic carbocycles. The molecule has 0 bridgehead atoms. The Labute approximate surface area is 123 Å². The number of aromatic amines is 1. The molecule has 0 aliphatic rings. The first-order valence-corrected chi connectivity index (χ1v) is 7.07. The minimum absolute atomic E-state index is 0.581. The Balaban J connectivity index is 1.63. The number of hydrogen-bond donors (Lipinski definition) is 1. The van der Waals surface area contributed by atoms with Gasteiger partial charge in [0.1, 0.15) is 12.4 Å². The predicted octanol–water partition coefficient (Wildman–Crippen LogP) is 4.90. The van der Waals surface area contributed by atoms with Crippen LogP contribution in [0.15, 0.2) is 72.9 Å². The number of hydrogen-bond acceptors (Lipinski definition) is 1. The summed E-state index contributed by atoms with van der Waals surface area (Å²) in [7, 11) is 0. The van der Waals surface area contributed by atoms with Gasteiger partial charge >= 0.3 is 0 Å². The van der Waals surface area contributed by atoms with Gasteiger partial charge in [-0.05, 0) is 40.6 Å². The summed E-state index contributed by atoms with van der Waals surface area (Å²) in [6.45, 7) is 0.581. The molecule has 0 fully saturated rings. The average Bonchev–Trinajstić information content (AvgIpc) is 3.00. The molecule has 0 radical (unpaired) electrons. The molecule has 21 heavy (non-hydrogen) atoms. The lowest BCUT2D eigenvalue weighted by atomic mass is 10.1. The van der Waals surface area contributed by atoms with E-state index in [0.717, 1.165) is 11.3 Å². The van der Waals surface area contributed by atoms with Crippen LogP contribution in [0.5, 0.6) is 5.75 Å². The van der Waals surface area contributed by atoms with Gasteiger partial charge < -0.3 is 9.72 Å². The molecule has 0 saturated heterocycles. The van der Waals surface area contributed by atoms with Gasteiger partial charge in [0.15, 0.2) is 0 Å². The number of aromatic nitrogens is 1. The molecule has 2 nitrogen and oxygen atoms in total. The van der Waals surface area contributed by atoms with E-state index in [1.54, 1.807) is 0 Å². The fraction of sp³-hybridized carbons (Fsp3) is 0.0526. The van der Waals surface area contributed by atoms with E-state index in [1.807, 2.05) is 18.3 Å². The fourth-order valence-corrected chi connectivity index (χ4v) is 2.70. The van der Waals surface area contributed by atoms with Crippen molar-refractivity contribution in [2.75, 3.05) is 0 Å². The minimum Gasteiger partial charge on any atom is -0.489 e. The van der Waals surface area contributed by atoms with Gasteiger partial charge in [0.05, 0.1) is 0 Å². The van der Waals surface area contributed by atoms with Gasteiger partial charge in [0.25, 0.3) is 0 Å². The van der Waals surface area contributed by atoms with E-state index in [9.17, 15) is 0 Å². The molecule has 0 spiro atoms. The van der Waals surface area contributed by atoms with E-state index in [1.165, 1.54) is 21.7 Å². The summed E-state index contributed by atoms with van der Waals surface area (Å²) < 4.78 is 5.96. The Kier molecular flexibility index (Phi) is 2.86. The third kappa shape index (κ3) is 2.25. The van der Waals surface area contributed by atoms with Crippen LogP contribution in [-0.4, -0.2) is 4.98 Å². The summed E-state index contributed by atoms with van der Waals surface area (Å²) in [4.78, 5) is 3.19. The quantitative estimate of drug-likeness (QED) is 0.564. The summed E-state index contributed by atoms with van der Waals surface area (Å²) in [6, 6.07) is 22.9. The number of ether oxygens (including phenoxy) is 1. The normalized spacial score (nSPS) is 11.0. The largest absolute Gasteiger partial charge is 0.489 e. The molecule has 0 unspecified atom stereocenters. The summed E-state index contributed by atoms with van der Waals surface area (Å²) in [5.41, 5.74) is 2.34. The summed E-state index contributed by atoms with van der Waals surface area (Å²) >= 11 is 0. The first-order chi connectivity index (χ1) is 10.4. The van der Waals surface area contributed by atoms with Crippen molar-refractivity contribution in [1.82, 2.24) is 4.98 Å². The number of benzene rings is 3. The molecule has 1 aromatic heterocycles. The van der Waals surface area contributed by atoms with E-state index >= 15 is 0 Å². The maximum Gasteiger partial charge on any atom is 0.120 e. The molecule has 1 heterocycles. The molecule has 0 saturated carbocycles. The zero-order chi connectivity index (χ0) is 14.1. The maximum absolute atomic E-state index is 5.96. The number of H-pyrrole nitrogens is 1. The monoisotopic (exact) mass is 273 g/mol. The topological polar surface area (TPSA) is 25.0 Å². The lowest BCUT2D eigenvalue weighted by Gasteiger charge is -2.09. The molecular weight excluding hydrogens is 258 g/mol. The number of nitrogens with one attached hydrogen (secondary N) is 1. The Bertz CT molecular complexity index is 902. The lowest BCUT2D eigenvalue weighted by Crippen LogP contribution is -1.96. The van der Waals surface area contributed by atoms with Crippen molar-refractivity contribution < 1.29 is 4.74 Å². The molecule has 0 aliphatic heterocycles. The molecule has 0 amide bonds. The molecule has 1 N–H and O–H groups in total. The van der Waals surface area contributed by atoms with Gasteiger partial charge in [-0.3, -0.25) is 0 Å². The summed E-state index contributed by atoms with van der Waals surface area (Å²) in [6.07, 6.45) is 1.94. The Morgan fingerprint density at radius 2 is 1.71 bits per heavy atom. The van der Waals surface area contributed by atoms with Crippen LogP contribution in [0.2, 0.25) is 0 Å². The number of rotatable bonds is 3. The highest BCUT2D eigenvalue weighted by molar-refractivity contribution is 5.85. The molecule has 4 rings (SSSR count). The van der Waals surface area contributed by atoms with Crippen LogP contribution in [-0.2, 0) is 6.61 Å². The smallest absolute Gasteiger partial charge is 0.120 e. The predicted molar refractivity (Wildman–Crippen MR) is 86.6 cm³/mol. The summed E-state index contributed by atoms with van der Waals surface area (Å²) in [5.74, 6) is 0.898. The molecular formula is C19H15NO. The van der Waals surface area contributed by atoms with Crippen LogP contribution in [0, 0.1) is 0 Å². The van der Waals surface area contributed by atoms with Crippen LogP contribution in [0.4, 0.5) is 0 Å². The van der Waals surface area contributed by atoms with Crippen molar-refractivity contribution in [1.29, 1.82) is 0 Å². The highest BCUT2D eigenvalue weighted by Crippen LogP contribution is 2.23. The van der Waals surface area contributed by atoms with Gasteiger partial charge in [-0.2, -0.15) is 0 Å². The maximum atomic E-state index is 5.96. The van der Waals surface area contributed by atoms with Gasteiger partial charge in [0.2, 0.25) is 0 Å². The average molecular weight is 273 g/mol. The lowest BCUT2D eigenvalue weighted by molar-refractivity contribution is 0.308. The third-order valence-corrected chi connectivity index (χ3v) is 3.80. The molecule has 4 aromatic rings. The van der Waals surface area contributed by atoms with Crippen molar-refractivity contribution in [2.24, 2.45) is 0 Å². The third-order valence-electron chi connectivity index (χ3n) is 3.80. The van der Waals surface area contributed by atoms with E-state index < -0.39 is 0 Å². The van der Waals surface area contributed by atoms with E-state index in [-0.39, 0.29) is 0 Å². The standard InChI is InChI=1S/C19H15NO/c1-2-7-18-14(4-1)5-3-6-16(18)13-21-17-8-9-19-15(12-17)10-11-20-19/h1-12,20H,13H2. The van der Waals surface area contributed by atoms with Crippen LogP contribution < -0.4 is 4.74 Å². The van der Waals surface area contributed by atoms with Crippen molar-refractivity contribution >= 4 is 21.7 Å². The van der Waals surface area contributed by atoms with Crippen LogP contribution in [0.1, 0.15) is 5.56 Å². The van der Waals surface area contributed by atoms with E-state index in [0.29, 0.717) is 6.61 Å². The van der Waals surface area contributed by atoms with Gasteiger partial charge in [-0.15, -0.1) is 0 Å². The van der Waals surface area contributed by atoms with Crippen LogP contribution in [0.25, 0.3) is 21.7 Å². The number of fused-ring (bicyclic) bond motifs is 2. The Hall–Kier alpha value is -2.74. The highest BCUT2D eigenvalue weighted by atomic mass is 16.5. The SMILES string of the molecule is c1ccc2c(COc3ccc4[nH]ccc4c3)cccc2c1. The van der Waals surface area contributed by atoms with Crippen molar-refractivity contribution in [3.05, 3.63) is 78.5 Å². The molecule has 3 aromatic carbocycles. The second-order valence-corrected chi connectivity index (χ2v) is 5.15. The van der Waals surface area contributed by atoms with Gasteiger partial charge in [-0.25, -0.2) is 0 Å². The zero-order valence-corrected chi connectivity index (χ0v) is 11.5. The summed E-state index contributed by atoms with van der Waals surface area (Å²) in [5, 5.41) is 3.67. The zero-order valence-electron chi connectivity index (χ0n) is 11.5. The minimum atomic E-state index is 0.581. The Morgan fingerprint density at radius 1 is 0.810 bits per heavy atom. The van der Waals surface area contributed by atoms with Gasteiger partial charge in [-0.1, -0.05) is 42.5 Å². The van der Waals surface area contributed by atoms with Crippen LogP contribution >= 0.6 is 0 Å². The van der Waals surface area contributed by atoms with Gasteiger partial charge in [0, 0.05) is 17.1 Å². The van der Waals surface area contributed by atoms with Crippen molar-refractivity contribution in [2.45, 2.75) is 6.61 Å². The Morgan fingerprint density at radius 3 is 2.71 bits per heavy atom. The molecule has 102 valence electrons.